The zero-order chi connectivity index (χ0) is 74.7. The number of fused-ring (bicyclic) bond motifs is 8. The van der Waals surface area contributed by atoms with E-state index >= 15 is 0 Å². The minimum atomic E-state index is -4.50. The van der Waals surface area contributed by atoms with Crippen LogP contribution in [0.5, 0.6) is 0 Å². The topological polar surface area (TPSA) is 421 Å². The van der Waals surface area contributed by atoms with Crippen LogP contribution in [0.15, 0.2) is 0 Å². The highest BCUT2D eigenvalue weighted by atomic mass is 32.2. The van der Waals surface area contributed by atoms with Crippen molar-refractivity contribution in [3.63, 3.8) is 0 Å². The molecule has 0 aromatic carbocycles. The number of esters is 2. The van der Waals surface area contributed by atoms with E-state index in [9.17, 15) is 87.1 Å². The molecule has 1 N–H and O–H groups in total. The molecule has 40 atom stereocenters. The van der Waals surface area contributed by atoms with Gasteiger partial charge < -0.3 is 19.1 Å². The first-order chi connectivity index (χ1) is 47.2. The summed E-state index contributed by atoms with van der Waals surface area (Å²) in [5.41, 5.74) is 0. The number of carbonyl (C=O) groups excluding carboxylic acids is 2. The Balaban J connectivity index is 0.000000101. The molecule has 0 amide bonds. The fourth-order valence-electron chi connectivity index (χ4n) is 25.2. The highest BCUT2D eigenvalue weighted by molar-refractivity contribution is 7.90. The van der Waals surface area contributed by atoms with Crippen molar-refractivity contribution >= 4 is 83.7 Å². The Morgan fingerprint density at radius 2 is 0.961 bits per heavy atom. The Kier molecular flexibility index (Phi) is 18.4. The van der Waals surface area contributed by atoms with E-state index in [4.69, 9.17) is 40.4 Å². The van der Waals surface area contributed by atoms with Crippen LogP contribution in [-0.4, -0.2) is 175 Å². The Morgan fingerprint density at radius 1 is 0.510 bits per heavy atom. The van der Waals surface area contributed by atoms with Gasteiger partial charge in [0.25, 0.3) is 60.7 Å². The van der Waals surface area contributed by atoms with Crippen molar-refractivity contribution in [3.05, 3.63) is 0 Å². The van der Waals surface area contributed by atoms with E-state index in [0.29, 0.717) is 60.2 Å². The molecule has 40 unspecified atom stereocenters. The maximum absolute atomic E-state index is 12.8. The molecule has 14 bridgehead atoms. The lowest BCUT2D eigenvalue weighted by Crippen LogP contribution is -2.48. The van der Waals surface area contributed by atoms with Crippen LogP contribution >= 0.6 is 0 Å². The first kappa shape index (κ1) is 76.0. The van der Waals surface area contributed by atoms with E-state index < -0.39 is 156 Å². The molecule has 0 aromatic rings. The quantitative estimate of drug-likeness (QED) is 0.224. The Morgan fingerprint density at radius 3 is 1.47 bits per heavy atom. The summed E-state index contributed by atoms with van der Waals surface area (Å²) in [6.45, 7) is 17.7. The van der Waals surface area contributed by atoms with Crippen LogP contribution in [0.4, 0.5) is 13.2 Å². The maximum atomic E-state index is 12.8. The molecule has 14 aliphatic carbocycles. The third-order valence-corrected chi connectivity index (χ3v) is 42.9. The van der Waals surface area contributed by atoms with Gasteiger partial charge in [-0.05, 0) is 166 Å². The lowest BCUT2D eigenvalue weighted by atomic mass is 9.79. The molecule has 37 heteroatoms. The summed E-state index contributed by atoms with van der Waals surface area (Å²) in [5.74, 6) is -1.15. The molecule has 20 aliphatic rings. The highest BCUT2D eigenvalue weighted by Crippen LogP contribution is 2.68. The zero-order valence-corrected chi connectivity index (χ0v) is 63.7. The van der Waals surface area contributed by atoms with Crippen molar-refractivity contribution in [3.8, 4) is 12.1 Å². The predicted octanol–water partition coefficient (Wildman–Crippen LogP) is 4.84. The number of methoxy groups -OCH3 is 2. The average molecular weight is 1580 g/mol. The number of aliphatic hydroxyl groups is 1. The minimum Gasteiger partial charge on any atom is -0.772 e. The number of nitrogens with zero attached hydrogens (tertiary/aromatic N) is 2. The summed E-state index contributed by atoms with van der Waals surface area (Å²) in [6, 6.07) is 4.15. The summed E-state index contributed by atoms with van der Waals surface area (Å²) in [7, 11) is -18.4. The summed E-state index contributed by atoms with van der Waals surface area (Å²) in [4.78, 5) is 23.5. The Hall–Kier alpha value is -2.76. The van der Waals surface area contributed by atoms with Gasteiger partial charge in [-0.15, -0.1) is 0 Å². The largest absolute Gasteiger partial charge is 0.772 e. The molecule has 102 heavy (non-hydrogen) atoms. The fourth-order valence-corrected chi connectivity index (χ4v) is 38.6. The number of rotatable bonds is 3. The van der Waals surface area contributed by atoms with E-state index in [-0.39, 0.29) is 119 Å². The van der Waals surface area contributed by atoms with Gasteiger partial charge in [0, 0.05) is 40.8 Å². The normalized spacial score (nSPS) is 55.5. The number of ether oxygens (including phenoxy) is 2. The maximum Gasteiger partial charge on any atom is 0.393 e. The van der Waals surface area contributed by atoms with Crippen LogP contribution in [0, 0.1) is 171 Å². The van der Waals surface area contributed by atoms with Crippen LogP contribution in [0.2, 0.25) is 0 Å². The molecule has 6 saturated heterocycles. The second-order valence-electron chi connectivity index (χ2n) is 33.8. The van der Waals surface area contributed by atoms with Crippen LogP contribution in [0.3, 0.4) is 0 Å². The van der Waals surface area contributed by atoms with Gasteiger partial charge in [-0.3, -0.25) is 38.9 Å². The standard InChI is InChI=1S/2C10H14O5S.C9H13F3O3S.2C9H11NO3S.2C9H14O3S/c1-5-6-3-7-8(5)15-16(12,13)10(7,4-6)9(11)14-2;1-4-5-3-6-8(4)15-16(12,13)9(6)7(5)10(11)14-2;1-3-4-2-5(7(3)13)8(16(14)15)6(4)9(10,11)12;1-5-6-2-7-8(5)13-14(11,12)9(7,3-6)4-10;1-4-5-2-6-8(4)13-14(11,12)9(6)7(5)3-10;1-5-6-3-7-8(5)12-13(10,11)9(7,2)4-6;1-4-6-3-7-8(4)12-13(10,11)9(7)5(6)2/h5-8H,3-4H2,1-2H3;4-9H,3H2,1-2H3;3-8,13H,2H2,1H3,(H,14,15);5-8H,2-3H2,1H3;4-9H,2H2,1H3;5-8H,3-4H2,1-2H3;4-9H,3H2,1-2H3/p-1. The number of aliphatic hydroxyl groups excluding tert-OH is 1. The summed E-state index contributed by atoms with van der Waals surface area (Å²) < 4.78 is 238. The minimum absolute atomic E-state index is 0.00546. The smallest absolute Gasteiger partial charge is 0.393 e. The summed E-state index contributed by atoms with van der Waals surface area (Å²) in [5, 5.41) is 24.9. The van der Waals surface area contributed by atoms with Crippen LogP contribution in [0.25, 0.3) is 0 Å². The predicted molar refractivity (Wildman–Crippen MR) is 347 cm³/mol. The van der Waals surface area contributed by atoms with E-state index in [2.05, 4.69) is 31.6 Å². The SMILES string of the molecule is CC1C(O)C2CC1C(C(F)(F)F)C2S(=O)[O-].CC1C2CC3C1OS(=O)(=O)C3(C#N)C2.CC1C2CC3C1OS(=O)(=O)C3(C)C2.CC1C2CC3C1OS(=O)(=O)C3C2C.CC1C2CC3C1OS(=O)(=O)C3C2C#N.COC(=O)C12CC3CC1C(OS2(=O)=O)C3C.COC(=O)C1C2CC3C(OS(=O)(=O)C31)C2C. The van der Waals surface area contributed by atoms with E-state index in [0.717, 1.165) is 44.9 Å². The second kappa shape index (κ2) is 24.6. The average Bonchev–Trinajstić information content (AvgIpc) is 1.53. The van der Waals surface area contributed by atoms with Gasteiger partial charge in [-0.1, -0.05) is 66.5 Å². The van der Waals surface area contributed by atoms with Gasteiger partial charge in [0.1, 0.15) is 15.2 Å². The number of halogens is 3. The molecular weight excluding hydrogens is 1490 g/mol. The third kappa shape index (κ3) is 10.4. The van der Waals surface area contributed by atoms with Crippen molar-refractivity contribution in [2.75, 3.05) is 14.2 Å². The molecule has 0 aromatic heterocycles. The van der Waals surface area contributed by atoms with Crippen molar-refractivity contribution in [2.45, 2.75) is 211 Å². The van der Waals surface area contributed by atoms with Gasteiger partial charge in [0.15, 0.2) is 9.49 Å². The lowest BCUT2D eigenvalue weighted by Gasteiger charge is -2.39. The number of carbonyl (C=O) groups is 2. The van der Waals surface area contributed by atoms with E-state index in [1.807, 2.05) is 40.7 Å². The van der Waals surface area contributed by atoms with Gasteiger partial charge in [0.2, 0.25) is 0 Å². The van der Waals surface area contributed by atoms with Crippen LogP contribution < -0.4 is 0 Å². The van der Waals surface area contributed by atoms with Gasteiger partial charge in [-0.25, -0.2) is 0 Å². The first-order valence-electron chi connectivity index (χ1n) is 35.6. The number of hydrogen-bond acceptors (Lipinski definition) is 27. The van der Waals surface area contributed by atoms with E-state index in [1.54, 1.807) is 6.92 Å². The molecule has 0 radical (unpaired) electrons. The van der Waals surface area contributed by atoms with Crippen LogP contribution in [-0.2, 0) is 116 Å². The Bertz CT molecular complexity index is 4310. The van der Waals surface area contributed by atoms with Crippen molar-refractivity contribution in [2.24, 2.45) is 148 Å². The molecule has 14 saturated carbocycles. The molecule has 0 spiro atoms. The highest BCUT2D eigenvalue weighted by Gasteiger charge is 2.78. The zero-order valence-electron chi connectivity index (χ0n) is 58.0. The van der Waals surface area contributed by atoms with E-state index in [1.165, 1.54) is 14.2 Å². The first-order valence-corrected chi connectivity index (χ1v) is 45.3. The molecule has 20 rings (SSSR count). The van der Waals surface area contributed by atoms with Gasteiger partial charge in [0.05, 0.1) is 92.1 Å². The summed E-state index contributed by atoms with van der Waals surface area (Å²) in [6.07, 6.45) is 0.874. The molecule has 6 aliphatic heterocycles. The van der Waals surface area contributed by atoms with Gasteiger partial charge in [-0.2, -0.15) is 74.2 Å². The number of nitriles is 2. The van der Waals surface area contributed by atoms with Crippen LogP contribution in [0.1, 0.15) is 127 Å². The molecule has 20 fully saturated rings. The lowest BCUT2D eigenvalue weighted by molar-refractivity contribution is -0.195. The fraction of sp³-hybridized carbons (Fsp3) is 0.938. The number of hydrogen-bond donors (Lipinski definition) is 1. The number of alkyl halides is 3. The molecular formula is C65H90F3N2O25S7-. The second-order valence-corrected chi connectivity index (χ2v) is 45.8. The van der Waals surface area contributed by atoms with Crippen molar-refractivity contribution < 1.29 is 122 Å². The Labute approximate surface area is 597 Å². The van der Waals surface area contributed by atoms with Crippen molar-refractivity contribution in [1.29, 1.82) is 10.5 Å². The monoisotopic (exact) mass is 1580 g/mol. The third-order valence-electron chi connectivity index (χ3n) is 30.3. The van der Waals surface area contributed by atoms with Crippen molar-refractivity contribution in [1.82, 2.24) is 0 Å². The summed E-state index contributed by atoms with van der Waals surface area (Å²) >= 11 is -2.78. The van der Waals surface area contributed by atoms with Gasteiger partial charge >= 0.3 is 18.1 Å². The molecule has 6 heterocycles. The molecule has 574 valence electrons. The molecule has 27 nitrogen and oxygen atoms in total.